The van der Waals surface area contributed by atoms with Crippen LogP contribution < -0.4 is 10.5 Å². The highest BCUT2D eigenvalue weighted by atomic mass is 32.2. The smallest absolute Gasteiger partial charge is 0.261 e. The molecule has 0 saturated heterocycles. The number of rotatable bonds is 6. The van der Waals surface area contributed by atoms with Gasteiger partial charge in [0.25, 0.3) is 10.0 Å². The average molecular weight is 304 g/mol. The largest absolute Gasteiger partial charge is 0.399 e. The molecular weight excluding hydrogens is 284 g/mol. The van der Waals surface area contributed by atoms with Crippen LogP contribution in [0.1, 0.15) is 25.3 Å². The number of aryl methyl sites for hydroxylation is 1. The molecule has 0 atom stereocenters. The number of sulfonamides is 1. The Bertz CT molecular complexity index is 677. The zero-order valence-corrected chi connectivity index (χ0v) is 12.9. The van der Waals surface area contributed by atoms with E-state index in [1.165, 1.54) is 17.7 Å². The Morgan fingerprint density at radius 3 is 2.19 bits per heavy atom. The predicted octanol–water partition coefficient (Wildman–Crippen LogP) is 3.41. The van der Waals surface area contributed by atoms with E-state index in [1.807, 2.05) is 12.1 Å². The molecule has 0 bridgehead atoms. The fraction of sp³-hybridized carbons (Fsp3) is 0.250. The molecule has 0 aliphatic heterocycles. The van der Waals surface area contributed by atoms with Crippen LogP contribution in [-0.4, -0.2) is 8.42 Å². The summed E-state index contributed by atoms with van der Waals surface area (Å²) in [6.07, 6.45) is 3.30. The van der Waals surface area contributed by atoms with Gasteiger partial charge in [-0.25, -0.2) is 8.42 Å². The summed E-state index contributed by atoms with van der Waals surface area (Å²) in [5, 5.41) is 0. The van der Waals surface area contributed by atoms with Crippen LogP contribution in [0.3, 0.4) is 0 Å². The van der Waals surface area contributed by atoms with Crippen LogP contribution in [0.15, 0.2) is 53.4 Å². The molecule has 2 aromatic carbocycles. The summed E-state index contributed by atoms with van der Waals surface area (Å²) in [5.74, 6) is 0. The molecule has 0 aromatic heterocycles. The molecule has 5 heteroatoms. The SMILES string of the molecule is CCCCc1ccc(NS(=O)(=O)c2ccc(N)cc2)cc1. The average Bonchev–Trinajstić information content (AvgIpc) is 2.47. The molecule has 0 heterocycles. The second kappa shape index (κ2) is 6.63. The lowest BCUT2D eigenvalue weighted by Crippen LogP contribution is -2.12. The third kappa shape index (κ3) is 4.23. The molecule has 21 heavy (non-hydrogen) atoms. The van der Waals surface area contributed by atoms with Gasteiger partial charge >= 0.3 is 0 Å². The number of hydrogen-bond donors (Lipinski definition) is 2. The van der Waals surface area contributed by atoms with Crippen LogP contribution >= 0.6 is 0 Å². The van der Waals surface area contributed by atoms with Gasteiger partial charge in [-0.2, -0.15) is 0 Å². The highest BCUT2D eigenvalue weighted by Gasteiger charge is 2.13. The first-order chi connectivity index (χ1) is 10.0. The van der Waals surface area contributed by atoms with Crippen molar-refractivity contribution >= 4 is 21.4 Å². The number of nitrogens with two attached hydrogens (primary N) is 1. The lowest BCUT2D eigenvalue weighted by Gasteiger charge is -2.09. The Kier molecular flexibility index (Phi) is 4.85. The van der Waals surface area contributed by atoms with Gasteiger partial charge in [-0.1, -0.05) is 25.5 Å². The minimum absolute atomic E-state index is 0.201. The van der Waals surface area contributed by atoms with Crippen LogP contribution in [-0.2, 0) is 16.4 Å². The van der Waals surface area contributed by atoms with Crippen molar-refractivity contribution < 1.29 is 8.42 Å². The summed E-state index contributed by atoms with van der Waals surface area (Å²) in [6.45, 7) is 2.15. The summed E-state index contributed by atoms with van der Waals surface area (Å²) >= 11 is 0. The van der Waals surface area contributed by atoms with E-state index in [-0.39, 0.29) is 4.90 Å². The Hall–Kier alpha value is -2.01. The summed E-state index contributed by atoms with van der Waals surface area (Å²) in [7, 11) is -3.57. The highest BCUT2D eigenvalue weighted by molar-refractivity contribution is 7.92. The van der Waals surface area contributed by atoms with E-state index in [9.17, 15) is 8.42 Å². The number of benzene rings is 2. The molecule has 0 saturated carbocycles. The molecule has 0 aliphatic rings. The van der Waals surface area contributed by atoms with Crippen molar-refractivity contribution in [2.24, 2.45) is 0 Å². The van der Waals surface area contributed by atoms with Gasteiger partial charge in [0, 0.05) is 11.4 Å². The number of unbranched alkanes of at least 4 members (excludes halogenated alkanes) is 1. The lowest BCUT2D eigenvalue weighted by molar-refractivity contribution is 0.601. The molecular formula is C16H20N2O2S. The first-order valence-corrected chi connectivity index (χ1v) is 8.47. The maximum atomic E-state index is 12.2. The van der Waals surface area contributed by atoms with Gasteiger partial charge in [-0.15, -0.1) is 0 Å². The molecule has 0 aliphatic carbocycles. The van der Waals surface area contributed by atoms with E-state index in [0.717, 1.165) is 19.3 Å². The van der Waals surface area contributed by atoms with E-state index in [1.54, 1.807) is 24.3 Å². The Balaban J connectivity index is 2.11. The molecule has 2 aromatic rings. The van der Waals surface area contributed by atoms with Crippen LogP contribution in [0.5, 0.6) is 0 Å². The van der Waals surface area contributed by atoms with E-state index in [0.29, 0.717) is 11.4 Å². The zero-order chi connectivity index (χ0) is 15.3. The van der Waals surface area contributed by atoms with Crippen LogP contribution in [0.2, 0.25) is 0 Å². The van der Waals surface area contributed by atoms with Crippen LogP contribution in [0.4, 0.5) is 11.4 Å². The Morgan fingerprint density at radius 2 is 1.62 bits per heavy atom. The molecule has 3 N–H and O–H groups in total. The Labute approximate surface area is 126 Å². The number of hydrogen-bond acceptors (Lipinski definition) is 3. The zero-order valence-electron chi connectivity index (χ0n) is 12.0. The summed E-state index contributed by atoms with van der Waals surface area (Å²) in [6, 6.07) is 13.6. The summed E-state index contributed by atoms with van der Waals surface area (Å²) < 4.78 is 27.0. The van der Waals surface area contributed by atoms with E-state index in [4.69, 9.17) is 5.73 Å². The third-order valence-corrected chi connectivity index (χ3v) is 4.61. The monoisotopic (exact) mass is 304 g/mol. The molecule has 0 unspecified atom stereocenters. The molecule has 0 spiro atoms. The maximum absolute atomic E-state index is 12.2. The predicted molar refractivity (Wildman–Crippen MR) is 86.7 cm³/mol. The number of nitrogens with one attached hydrogen (secondary N) is 1. The lowest BCUT2D eigenvalue weighted by atomic mass is 10.1. The summed E-state index contributed by atoms with van der Waals surface area (Å²) in [4.78, 5) is 0.201. The minimum Gasteiger partial charge on any atom is -0.399 e. The van der Waals surface area contributed by atoms with Gasteiger partial charge in [0.05, 0.1) is 4.90 Å². The van der Waals surface area contributed by atoms with Gasteiger partial charge < -0.3 is 5.73 Å². The molecule has 0 amide bonds. The van der Waals surface area contributed by atoms with Gasteiger partial charge in [-0.05, 0) is 54.8 Å². The Morgan fingerprint density at radius 1 is 1.00 bits per heavy atom. The van der Waals surface area contributed by atoms with Crippen LogP contribution in [0, 0.1) is 0 Å². The second-order valence-corrected chi connectivity index (χ2v) is 6.66. The van der Waals surface area contributed by atoms with Crippen molar-refractivity contribution in [2.45, 2.75) is 31.1 Å². The van der Waals surface area contributed by atoms with Crippen molar-refractivity contribution in [1.82, 2.24) is 0 Å². The van der Waals surface area contributed by atoms with Gasteiger partial charge in [0.15, 0.2) is 0 Å². The molecule has 4 nitrogen and oxygen atoms in total. The third-order valence-electron chi connectivity index (χ3n) is 3.22. The van der Waals surface area contributed by atoms with Crippen molar-refractivity contribution in [2.75, 3.05) is 10.5 Å². The quantitative estimate of drug-likeness (QED) is 0.803. The standard InChI is InChI=1S/C16H20N2O2S/c1-2-3-4-13-5-9-15(10-6-13)18-21(19,20)16-11-7-14(17)8-12-16/h5-12,18H,2-4,17H2,1H3. The number of anilines is 2. The molecule has 0 fully saturated rings. The van der Waals surface area contributed by atoms with E-state index >= 15 is 0 Å². The molecule has 2 rings (SSSR count). The first kappa shape index (κ1) is 15.4. The molecule has 112 valence electrons. The van der Waals surface area contributed by atoms with Gasteiger partial charge in [-0.3, -0.25) is 4.72 Å². The van der Waals surface area contributed by atoms with Gasteiger partial charge in [0.1, 0.15) is 0 Å². The van der Waals surface area contributed by atoms with Crippen molar-refractivity contribution in [3.8, 4) is 0 Å². The van der Waals surface area contributed by atoms with Crippen molar-refractivity contribution in [1.29, 1.82) is 0 Å². The second-order valence-electron chi connectivity index (χ2n) is 4.98. The van der Waals surface area contributed by atoms with E-state index < -0.39 is 10.0 Å². The number of nitrogen functional groups attached to an aromatic ring is 1. The fourth-order valence-electron chi connectivity index (χ4n) is 1.98. The van der Waals surface area contributed by atoms with Crippen molar-refractivity contribution in [3.05, 3.63) is 54.1 Å². The molecule has 0 radical (unpaired) electrons. The van der Waals surface area contributed by atoms with Gasteiger partial charge in [0.2, 0.25) is 0 Å². The van der Waals surface area contributed by atoms with Crippen molar-refractivity contribution in [3.63, 3.8) is 0 Å². The highest BCUT2D eigenvalue weighted by Crippen LogP contribution is 2.18. The summed E-state index contributed by atoms with van der Waals surface area (Å²) in [5.41, 5.74) is 7.88. The first-order valence-electron chi connectivity index (χ1n) is 6.98. The maximum Gasteiger partial charge on any atom is 0.261 e. The fourth-order valence-corrected chi connectivity index (χ4v) is 3.04. The van der Waals surface area contributed by atoms with Crippen LogP contribution in [0.25, 0.3) is 0 Å². The topological polar surface area (TPSA) is 72.2 Å². The minimum atomic E-state index is -3.57. The van der Waals surface area contributed by atoms with E-state index in [2.05, 4.69) is 11.6 Å². The normalized spacial score (nSPS) is 11.3.